The fraction of sp³-hybridized carbons (Fsp3) is 0.933. The fourth-order valence-corrected chi connectivity index (χ4v) is 1.69. The van der Waals surface area contributed by atoms with Gasteiger partial charge < -0.3 is 10.2 Å². The van der Waals surface area contributed by atoms with Crippen molar-refractivity contribution in [2.24, 2.45) is 16.2 Å². The van der Waals surface area contributed by atoms with E-state index in [4.69, 9.17) is 0 Å². The van der Waals surface area contributed by atoms with Crippen LogP contribution in [0.1, 0.15) is 61.3 Å². The second-order valence-electron chi connectivity index (χ2n) is 7.89. The normalized spacial score (nSPS) is 18.3. The van der Waals surface area contributed by atoms with Crippen molar-refractivity contribution in [1.29, 1.82) is 0 Å². The van der Waals surface area contributed by atoms with Gasteiger partial charge >= 0.3 is 0 Å². The third-order valence-electron chi connectivity index (χ3n) is 3.46. The molecule has 0 rings (SSSR count). The van der Waals surface area contributed by atoms with Crippen LogP contribution >= 0.6 is 0 Å². The number of ketones is 1. The highest BCUT2D eigenvalue weighted by atomic mass is 16.3. The van der Waals surface area contributed by atoms with Crippen molar-refractivity contribution in [3.05, 3.63) is 0 Å². The quantitative estimate of drug-likeness (QED) is 0.797. The summed E-state index contributed by atoms with van der Waals surface area (Å²) >= 11 is 0. The van der Waals surface area contributed by atoms with E-state index in [9.17, 15) is 15.0 Å². The van der Waals surface area contributed by atoms with Gasteiger partial charge in [0, 0.05) is 10.8 Å². The highest BCUT2D eigenvalue weighted by Gasteiger charge is 2.41. The van der Waals surface area contributed by atoms with E-state index in [0.29, 0.717) is 6.42 Å². The number of carbonyl (C=O) groups is 1. The van der Waals surface area contributed by atoms with Crippen molar-refractivity contribution >= 4 is 5.78 Å². The van der Waals surface area contributed by atoms with Crippen LogP contribution in [0.3, 0.4) is 0 Å². The third-order valence-corrected chi connectivity index (χ3v) is 3.46. The molecular weight excluding hydrogens is 228 g/mol. The van der Waals surface area contributed by atoms with Crippen LogP contribution in [0.4, 0.5) is 0 Å². The van der Waals surface area contributed by atoms with Crippen molar-refractivity contribution in [2.75, 3.05) is 6.61 Å². The molecule has 0 aromatic rings. The molecule has 0 saturated carbocycles. The summed E-state index contributed by atoms with van der Waals surface area (Å²) in [7, 11) is 0. The molecule has 0 aromatic carbocycles. The van der Waals surface area contributed by atoms with Crippen LogP contribution in [-0.2, 0) is 4.79 Å². The van der Waals surface area contributed by atoms with E-state index >= 15 is 0 Å². The zero-order valence-corrected chi connectivity index (χ0v) is 13.0. The summed E-state index contributed by atoms with van der Waals surface area (Å²) < 4.78 is 0. The molecule has 2 N–H and O–H groups in total. The predicted molar refractivity (Wildman–Crippen MR) is 74.4 cm³/mol. The lowest BCUT2D eigenvalue weighted by atomic mass is 9.71. The fourth-order valence-electron chi connectivity index (χ4n) is 1.69. The van der Waals surface area contributed by atoms with Gasteiger partial charge in [0.15, 0.2) is 5.78 Å². The van der Waals surface area contributed by atoms with Gasteiger partial charge in [-0.05, 0) is 18.3 Å². The Kier molecular flexibility index (Phi) is 5.57. The summed E-state index contributed by atoms with van der Waals surface area (Å²) in [5.41, 5.74) is -1.21. The van der Waals surface area contributed by atoms with Gasteiger partial charge in [0.1, 0.15) is 6.10 Å². The van der Waals surface area contributed by atoms with Crippen LogP contribution in [-0.4, -0.2) is 28.7 Å². The van der Waals surface area contributed by atoms with Crippen molar-refractivity contribution in [3.8, 4) is 0 Å². The molecule has 3 nitrogen and oxygen atoms in total. The molecule has 0 radical (unpaired) electrons. The lowest BCUT2D eigenvalue weighted by Gasteiger charge is -2.36. The van der Waals surface area contributed by atoms with Crippen LogP contribution in [0, 0.1) is 16.2 Å². The molecule has 0 aliphatic carbocycles. The molecule has 2 atom stereocenters. The number of hydrogen-bond donors (Lipinski definition) is 2. The van der Waals surface area contributed by atoms with E-state index in [1.54, 1.807) is 27.7 Å². The summed E-state index contributed by atoms with van der Waals surface area (Å²) in [5, 5.41) is 19.8. The van der Waals surface area contributed by atoms with Crippen molar-refractivity contribution in [3.63, 3.8) is 0 Å². The average Bonchev–Trinajstić information content (AvgIpc) is 2.21. The van der Waals surface area contributed by atoms with Crippen LogP contribution < -0.4 is 0 Å². The molecular formula is C15H30O3. The smallest absolute Gasteiger partial charge is 0.167 e. The van der Waals surface area contributed by atoms with E-state index in [1.165, 1.54) is 0 Å². The standard InChI is InChI=1S/C15H30O3/c1-13(2,3)8-9-15(7,10-16)12(18)11(17)14(4,5)6/h12,16,18H,8-10H2,1-7H3/t12-,15-/m0/s1. The number of carbonyl (C=O) groups excluding carboxylic acids is 1. The van der Waals surface area contributed by atoms with Gasteiger partial charge in [0.2, 0.25) is 0 Å². The zero-order chi connectivity index (χ0) is 14.8. The van der Waals surface area contributed by atoms with E-state index in [2.05, 4.69) is 20.8 Å². The van der Waals surface area contributed by atoms with E-state index in [1.807, 2.05) is 0 Å². The highest BCUT2D eigenvalue weighted by Crippen LogP contribution is 2.35. The maximum Gasteiger partial charge on any atom is 0.167 e. The molecule has 0 bridgehead atoms. The van der Waals surface area contributed by atoms with Gasteiger partial charge in [0.05, 0.1) is 6.61 Å². The van der Waals surface area contributed by atoms with Gasteiger partial charge in [-0.1, -0.05) is 48.5 Å². The molecule has 3 heteroatoms. The second-order valence-corrected chi connectivity index (χ2v) is 7.89. The van der Waals surface area contributed by atoms with Crippen LogP contribution in [0.25, 0.3) is 0 Å². The summed E-state index contributed by atoms with van der Waals surface area (Å²) in [5.74, 6) is -0.201. The molecule has 0 unspecified atom stereocenters. The first-order valence-electron chi connectivity index (χ1n) is 6.67. The Bertz CT molecular complexity index is 283. The lowest BCUT2D eigenvalue weighted by molar-refractivity contribution is -0.144. The minimum Gasteiger partial charge on any atom is -0.396 e. The summed E-state index contributed by atoms with van der Waals surface area (Å²) in [4.78, 5) is 12.1. The first-order valence-corrected chi connectivity index (χ1v) is 6.67. The van der Waals surface area contributed by atoms with Gasteiger partial charge in [-0.25, -0.2) is 0 Å². The third kappa shape index (κ3) is 5.07. The van der Waals surface area contributed by atoms with Gasteiger partial charge in [-0.2, -0.15) is 0 Å². The average molecular weight is 258 g/mol. The Morgan fingerprint density at radius 1 is 1.00 bits per heavy atom. The highest BCUT2D eigenvalue weighted by molar-refractivity contribution is 5.88. The minimum atomic E-state index is -1.11. The SMILES string of the molecule is CC(C)(C)CC[C@@](C)(CO)[C@@H](O)C(=O)C(C)(C)C. The first kappa shape index (κ1) is 17.6. The van der Waals surface area contributed by atoms with Gasteiger partial charge in [-0.15, -0.1) is 0 Å². The van der Waals surface area contributed by atoms with Crippen LogP contribution in [0.5, 0.6) is 0 Å². The number of aliphatic hydroxyl groups is 2. The van der Waals surface area contributed by atoms with Crippen LogP contribution in [0.15, 0.2) is 0 Å². The Balaban J connectivity index is 4.89. The van der Waals surface area contributed by atoms with E-state index in [0.717, 1.165) is 6.42 Å². The summed E-state index contributed by atoms with van der Waals surface area (Å²) in [6.45, 7) is 13.3. The number of hydrogen-bond acceptors (Lipinski definition) is 3. The number of rotatable bonds is 5. The van der Waals surface area contributed by atoms with E-state index in [-0.39, 0.29) is 17.8 Å². The Hall–Kier alpha value is -0.410. The molecule has 0 spiro atoms. The van der Waals surface area contributed by atoms with Crippen molar-refractivity contribution in [1.82, 2.24) is 0 Å². The predicted octanol–water partition coefficient (Wildman–Crippen LogP) is 2.79. The van der Waals surface area contributed by atoms with E-state index < -0.39 is 16.9 Å². The largest absolute Gasteiger partial charge is 0.396 e. The minimum absolute atomic E-state index is 0.126. The van der Waals surface area contributed by atoms with Gasteiger partial charge in [-0.3, -0.25) is 4.79 Å². The monoisotopic (exact) mass is 258 g/mol. The second kappa shape index (κ2) is 5.70. The van der Waals surface area contributed by atoms with Crippen molar-refractivity contribution in [2.45, 2.75) is 67.4 Å². The molecule has 0 fully saturated rings. The molecule has 0 aliphatic heterocycles. The first-order chi connectivity index (χ1) is 7.83. The molecule has 0 aliphatic rings. The topological polar surface area (TPSA) is 57.5 Å². The molecule has 18 heavy (non-hydrogen) atoms. The van der Waals surface area contributed by atoms with Crippen molar-refractivity contribution < 1.29 is 15.0 Å². The maximum absolute atomic E-state index is 12.1. The Labute approximate surface area is 112 Å². The molecule has 0 saturated heterocycles. The molecule has 0 amide bonds. The Morgan fingerprint density at radius 2 is 1.44 bits per heavy atom. The zero-order valence-electron chi connectivity index (χ0n) is 13.0. The number of aliphatic hydroxyl groups excluding tert-OH is 2. The Morgan fingerprint density at radius 3 is 1.72 bits per heavy atom. The maximum atomic E-state index is 12.1. The molecule has 0 aromatic heterocycles. The summed E-state index contributed by atoms with van der Waals surface area (Å²) in [6, 6.07) is 0. The van der Waals surface area contributed by atoms with Crippen LogP contribution in [0.2, 0.25) is 0 Å². The molecule has 0 heterocycles. The van der Waals surface area contributed by atoms with Gasteiger partial charge in [0.25, 0.3) is 0 Å². The summed E-state index contributed by atoms with van der Waals surface area (Å²) in [6.07, 6.45) is 0.388. The molecule has 108 valence electrons. The number of Topliss-reactive ketones (excluding diaryl/α,β-unsaturated/α-hetero) is 1. The lowest BCUT2D eigenvalue weighted by Crippen LogP contribution is -2.46.